The third-order valence-corrected chi connectivity index (χ3v) is 3.49. The van der Waals surface area contributed by atoms with Gasteiger partial charge in [0.05, 0.1) is 6.10 Å². The minimum Gasteiger partial charge on any atom is -0.460 e. The Morgan fingerprint density at radius 3 is 2.44 bits per heavy atom. The highest BCUT2D eigenvalue weighted by atomic mass is 35.5. The molecule has 1 heterocycles. The number of carbonyl (C=O) groups excluding carboxylic acids is 2. The minimum absolute atomic E-state index is 0.0225. The normalized spacial score (nSPS) is 35.9. The average molecular weight is 278 g/mol. The quantitative estimate of drug-likeness (QED) is 0.626. The molecule has 1 fully saturated rings. The van der Waals surface area contributed by atoms with E-state index in [2.05, 4.69) is 5.32 Å². The Morgan fingerprint density at radius 1 is 1.39 bits per heavy atom. The fourth-order valence-electron chi connectivity index (χ4n) is 2.29. The number of hydrogen-bond acceptors (Lipinski definition) is 4. The van der Waals surface area contributed by atoms with Gasteiger partial charge in [-0.25, -0.2) is 0 Å². The van der Waals surface area contributed by atoms with Gasteiger partial charge < -0.3 is 14.8 Å². The van der Waals surface area contributed by atoms with Gasteiger partial charge in [-0.2, -0.15) is 0 Å². The van der Waals surface area contributed by atoms with Crippen LogP contribution in [0.2, 0.25) is 0 Å². The average Bonchev–Trinajstić information content (AvgIpc) is 2.27. The Bertz CT molecular complexity index is 323. The predicted octanol–water partition coefficient (Wildman–Crippen LogP) is 1.43. The second-order valence-corrected chi connectivity index (χ2v) is 5.02. The van der Waals surface area contributed by atoms with E-state index in [0.29, 0.717) is 0 Å². The standard InChI is InChI=1S/C12H20ClNO4/c1-5-9-6(2)11(17-8(4)16)10(12(13)18-9)14-7(3)15/h6,9-12H,5H2,1-4H3,(H,14,15)/t6-,9+,10+,11-,12?/m0/s1. The molecule has 0 aliphatic carbocycles. The van der Waals surface area contributed by atoms with Crippen molar-refractivity contribution >= 4 is 23.5 Å². The van der Waals surface area contributed by atoms with Crippen LogP contribution in [0.1, 0.15) is 34.1 Å². The molecule has 0 saturated carbocycles. The van der Waals surface area contributed by atoms with Gasteiger partial charge in [0, 0.05) is 19.8 Å². The number of esters is 1. The Labute approximate surface area is 112 Å². The summed E-state index contributed by atoms with van der Waals surface area (Å²) in [6.45, 7) is 6.65. The van der Waals surface area contributed by atoms with Crippen LogP contribution in [-0.4, -0.2) is 35.7 Å². The first kappa shape index (κ1) is 15.2. The second kappa shape index (κ2) is 6.38. The van der Waals surface area contributed by atoms with E-state index in [9.17, 15) is 9.59 Å². The highest BCUT2D eigenvalue weighted by molar-refractivity contribution is 6.20. The monoisotopic (exact) mass is 277 g/mol. The Kier molecular flexibility index (Phi) is 5.41. The Morgan fingerprint density at radius 2 is 2.00 bits per heavy atom. The lowest BCUT2D eigenvalue weighted by molar-refractivity contribution is -0.172. The van der Waals surface area contributed by atoms with Crippen molar-refractivity contribution in [2.24, 2.45) is 5.92 Å². The third-order valence-electron chi connectivity index (χ3n) is 3.12. The molecule has 1 unspecified atom stereocenters. The van der Waals surface area contributed by atoms with Crippen molar-refractivity contribution in [1.29, 1.82) is 0 Å². The largest absolute Gasteiger partial charge is 0.460 e. The predicted molar refractivity (Wildman–Crippen MR) is 67.1 cm³/mol. The van der Waals surface area contributed by atoms with E-state index in [1.54, 1.807) is 0 Å². The second-order valence-electron chi connectivity index (χ2n) is 4.59. The number of carbonyl (C=O) groups is 2. The molecule has 0 bridgehead atoms. The molecule has 5 nitrogen and oxygen atoms in total. The number of amides is 1. The molecule has 1 aliphatic heterocycles. The molecule has 6 heteroatoms. The van der Waals surface area contributed by atoms with Crippen LogP contribution in [0.3, 0.4) is 0 Å². The number of ether oxygens (including phenoxy) is 2. The smallest absolute Gasteiger partial charge is 0.302 e. The number of hydrogen-bond donors (Lipinski definition) is 1. The molecule has 5 atom stereocenters. The van der Waals surface area contributed by atoms with Crippen molar-refractivity contribution < 1.29 is 19.1 Å². The minimum atomic E-state index is -0.695. The summed E-state index contributed by atoms with van der Waals surface area (Å²) in [6, 6.07) is -0.522. The summed E-state index contributed by atoms with van der Waals surface area (Å²) in [5.41, 5.74) is -0.695. The lowest BCUT2D eigenvalue weighted by Gasteiger charge is -2.43. The highest BCUT2D eigenvalue weighted by Crippen LogP contribution is 2.31. The first-order chi connectivity index (χ1) is 8.36. The van der Waals surface area contributed by atoms with Crippen molar-refractivity contribution in [3.8, 4) is 0 Å². The molecular weight excluding hydrogens is 258 g/mol. The third kappa shape index (κ3) is 3.59. The van der Waals surface area contributed by atoms with Crippen molar-refractivity contribution in [3.63, 3.8) is 0 Å². The maximum atomic E-state index is 11.2. The zero-order chi connectivity index (χ0) is 13.9. The van der Waals surface area contributed by atoms with E-state index in [-0.39, 0.29) is 23.9 Å². The molecule has 1 aliphatic rings. The summed E-state index contributed by atoms with van der Waals surface area (Å²) in [5, 5.41) is 2.69. The van der Waals surface area contributed by atoms with Crippen LogP contribution < -0.4 is 5.32 Å². The van der Waals surface area contributed by atoms with Gasteiger partial charge in [-0.15, -0.1) is 0 Å². The Hall–Kier alpha value is -0.810. The zero-order valence-corrected chi connectivity index (χ0v) is 11.9. The highest BCUT2D eigenvalue weighted by Gasteiger charge is 2.44. The molecule has 1 amide bonds. The molecule has 0 aromatic heterocycles. The fourth-order valence-corrected chi connectivity index (χ4v) is 2.62. The van der Waals surface area contributed by atoms with Crippen molar-refractivity contribution in [2.45, 2.75) is 57.9 Å². The van der Waals surface area contributed by atoms with Gasteiger partial charge in [-0.05, 0) is 6.42 Å². The van der Waals surface area contributed by atoms with Gasteiger partial charge in [-0.1, -0.05) is 25.4 Å². The van der Waals surface area contributed by atoms with Gasteiger partial charge >= 0.3 is 5.97 Å². The SMILES string of the molecule is CC[C@H]1OC(Cl)[C@H](NC(C)=O)[C@@H](OC(C)=O)[C@H]1C. The summed E-state index contributed by atoms with van der Waals surface area (Å²) in [7, 11) is 0. The van der Waals surface area contributed by atoms with E-state index in [0.717, 1.165) is 6.42 Å². The molecule has 1 rings (SSSR count). The maximum Gasteiger partial charge on any atom is 0.302 e. The van der Waals surface area contributed by atoms with Gasteiger partial charge in [0.25, 0.3) is 0 Å². The van der Waals surface area contributed by atoms with Crippen LogP contribution in [0.4, 0.5) is 0 Å². The van der Waals surface area contributed by atoms with Gasteiger partial charge in [0.2, 0.25) is 5.91 Å². The summed E-state index contributed by atoms with van der Waals surface area (Å²) in [6.07, 6.45) is 0.226. The molecule has 1 saturated heterocycles. The molecule has 0 aromatic carbocycles. The topological polar surface area (TPSA) is 64.6 Å². The van der Waals surface area contributed by atoms with Crippen LogP contribution in [-0.2, 0) is 19.1 Å². The van der Waals surface area contributed by atoms with Crippen molar-refractivity contribution in [1.82, 2.24) is 5.32 Å². The van der Waals surface area contributed by atoms with Crippen LogP contribution in [0.15, 0.2) is 0 Å². The molecular formula is C12H20ClNO4. The summed E-state index contributed by atoms with van der Waals surface area (Å²) in [4.78, 5) is 22.4. The van der Waals surface area contributed by atoms with E-state index in [1.165, 1.54) is 13.8 Å². The van der Waals surface area contributed by atoms with E-state index in [4.69, 9.17) is 21.1 Å². The lowest BCUT2D eigenvalue weighted by atomic mass is 9.88. The number of rotatable bonds is 3. The molecule has 0 aromatic rings. The van der Waals surface area contributed by atoms with Crippen LogP contribution in [0.25, 0.3) is 0 Å². The van der Waals surface area contributed by atoms with Crippen LogP contribution in [0, 0.1) is 5.92 Å². The summed E-state index contributed by atoms with van der Waals surface area (Å²) < 4.78 is 10.9. The number of nitrogens with one attached hydrogen (secondary N) is 1. The maximum absolute atomic E-state index is 11.2. The molecule has 18 heavy (non-hydrogen) atoms. The molecule has 1 N–H and O–H groups in total. The van der Waals surface area contributed by atoms with Crippen molar-refractivity contribution in [3.05, 3.63) is 0 Å². The molecule has 0 spiro atoms. The lowest BCUT2D eigenvalue weighted by Crippen LogP contribution is -2.59. The first-order valence-corrected chi connectivity index (χ1v) is 6.54. The van der Waals surface area contributed by atoms with E-state index in [1.807, 2.05) is 13.8 Å². The Balaban J connectivity index is 2.89. The van der Waals surface area contributed by atoms with Crippen molar-refractivity contribution in [2.75, 3.05) is 0 Å². The molecule has 0 radical (unpaired) electrons. The van der Waals surface area contributed by atoms with E-state index >= 15 is 0 Å². The van der Waals surface area contributed by atoms with Gasteiger partial charge in [0.15, 0.2) is 5.56 Å². The number of alkyl halides is 1. The molecule has 104 valence electrons. The van der Waals surface area contributed by atoms with Crippen LogP contribution >= 0.6 is 11.6 Å². The zero-order valence-electron chi connectivity index (χ0n) is 11.1. The van der Waals surface area contributed by atoms with Gasteiger partial charge in [-0.3, -0.25) is 9.59 Å². The fraction of sp³-hybridized carbons (Fsp3) is 0.833. The van der Waals surface area contributed by atoms with E-state index < -0.39 is 17.7 Å². The summed E-state index contributed by atoms with van der Waals surface area (Å²) >= 11 is 6.12. The summed E-state index contributed by atoms with van der Waals surface area (Å²) in [5.74, 6) is -0.637. The first-order valence-electron chi connectivity index (χ1n) is 6.10. The van der Waals surface area contributed by atoms with Crippen LogP contribution in [0.5, 0.6) is 0 Å². The number of halogens is 1. The van der Waals surface area contributed by atoms with Gasteiger partial charge in [0.1, 0.15) is 12.1 Å².